The van der Waals surface area contributed by atoms with Crippen molar-refractivity contribution >= 4 is 0 Å². The number of aliphatic hydroxyl groups is 2. The van der Waals surface area contributed by atoms with E-state index in [1.807, 2.05) is 6.92 Å². The van der Waals surface area contributed by atoms with E-state index in [2.05, 4.69) is 5.32 Å². The molecule has 0 radical (unpaired) electrons. The first kappa shape index (κ1) is 11.8. The minimum Gasteiger partial charge on any atom is -0.396 e. The minimum absolute atomic E-state index is 0.0241. The zero-order chi connectivity index (χ0) is 9.40. The number of rotatable bonds is 7. The Kier molecular flexibility index (Phi) is 7.39. The average Bonchev–Trinajstić information content (AvgIpc) is 2.11. The lowest BCUT2D eigenvalue weighted by Crippen LogP contribution is -2.39. The van der Waals surface area contributed by atoms with Gasteiger partial charge in [-0.1, -0.05) is 6.92 Å². The number of aliphatic hydroxyl groups excluding tert-OH is 2. The number of hydrogen-bond acceptors (Lipinski definition) is 4. The van der Waals surface area contributed by atoms with E-state index in [-0.39, 0.29) is 25.2 Å². The van der Waals surface area contributed by atoms with Gasteiger partial charge in [-0.05, 0) is 5.92 Å². The maximum Gasteiger partial charge on any atom is 0.0638 e. The molecule has 0 amide bonds. The number of methoxy groups -OCH3 is 1. The summed E-state index contributed by atoms with van der Waals surface area (Å²) in [4.78, 5) is 0. The standard InChI is InChI=1S/C8H19NO3/c1-7(4-10)3-9-8(5-11)6-12-2/h7-11H,3-6H2,1-2H3. The molecule has 0 aromatic heterocycles. The summed E-state index contributed by atoms with van der Waals surface area (Å²) >= 11 is 0. The van der Waals surface area contributed by atoms with Crippen molar-refractivity contribution in [1.29, 1.82) is 0 Å². The van der Waals surface area contributed by atoms with Crippen molar-refractivity contribution in [2.45, 2.75) is 13.0 Å². The molecule has 2 unspecified atom stereocenters. The summed E-state index contributed by atoms with van der Waals surface area (Å²) in [6.45, 7) is 3.36. The first-order valence-electron chi connectivity index (χ1n) is 4.18. The maximum atomic E-state index is 8.84. The maximum absolute atomic E-state index is 8.84. The van der Waals surface area contributed by atoms with Crippen LogP contribution < -0.4 is 5.32 Å². The number of nitrogens with one attached hydrogen (secondary N) is 1. The first-order valence-corrected chi connectivity index (χ1v) is 4.18. The van der Waals surface area contributed by atoms with Gasteiger partial charge in [0.15, 0.2) is 0 Å². The molecule has 4 nitrogen and oxygen atoms in total. The van der Waals surface area contributed by atoms with Gasteiger partial charge < -0.3 is 20.3 Å². The van der Waals surface area contributed by atoms with Gasteiger partial charge in [0.2, 0.25) is 0 Å². The van der Waals surface area contributed by atoms with E-state index < -0.39 is 0 Å². The van der Waals surface area contributed by atoms with Gasteiger partial charge in [0.05, 0.1) is 19.3 Å². The van der Waals surface area contributed by atoms with E-state index >= 15 is 0 Å². The van der Waals surface area contributed by atoms with Crippen LogP contribution in [0.2, 0.25) is 0 Å². The predicted octanol–water partition coefficient (Wildman–Crippen LogP) is -0.788. The third-order valence-electron chi connectivity index (χ3n) is 1.65. The van der Waals surface area contributed by atoms with Crippen LogP contribution in [-0.2, 0) is 4.74 Å². The largest absolute Gasteiger partial charge is 0.396 e. The molecule has 0 aliphatic heterocycles. The normalized spacial score (nSPS) is 16.0. The highest BCUT2D eigenvalue weighted by Crippen LogP contribution is 1.91. The molecule has 0 spiro atoms. The molecular formula is C8H19NO3. The Hall–Kier alpha value is -0.160. The number of ether oxygens (including phenoxy) is 1. The third-order valence-corrected chi connectivity index (χ3v) is 1.65. The summed E-state index contributed by atoms with van der Waals surface area (Å²) < 4.78 is 4.88. The lowest BCUT2D eigenvalue weighted by atomic mass is 10.2. The zero-order valence-electron chi connectivity index (χ0n) is 7.79. The highest BCUT2D eigenvalue weighted by atomic mass is 16.5. The highest BCUT2D eigenvalue weighted by molar-refractivity contribution is 4.66. The fourth-order valence-electron chi connectivity index (χ4n) is 0.810. The molecule has 0 saturated heterocycles. The SMILES string of the molecule is COCC(CO)NCC(C)CO. The molecule has 2 atom stereocenters. The van der Waals surface area contributed by atoms with E-state index in [1.165, 1.54) is 0 Å². The molecule has 4 heteroatoms. The van der Waals surface area contributed by atoms with Crippen molar-refractivity contribution in [3.63, 3.8) is 0 Å². The zero-order valence-corrected chi connectivity index (χ0v) is 7.79. The molecule has 0 bridgehead atoms. The quantitative estimate of drug-likeness (QED) is 0.477. The number of hydrogen-bond donors (Lipinski definition) is 3. The fraction of sp³-hybridized carbons (Fsp3) is 1.00. The van der Waals surface area contributed by atoms with Crippen LogP contribution in [0.3, 0.4) is 0 Å². The molecule has 0 aromatic carbocycles. The van der Waals surface area contributed by atoms with Crippen LogP contribution in [0.5, 0.6) is 0 Å². The van der Waals surface area contributed by atoms with Gasteiger partial charge in [-0.2, -0.15) is 0 Å². The molecule has 0 aromatic rings. The van der Waals surface area contributed by atoms with Gasteiger partial charge in [0.25, 0.3) is 0 Å². The Labute approximate surface area is 73.5 Å². The Morgan fingerprint density at radius 1 is 1.33 bits per heavy atom. The van der Waals surface area contributed by atoms with Crippen molar-refractivity contribution in [2.24, 2.45) is 5.92 Å². The summed E-state index contributed by atoms with van der Waals surface area (Å²) in [5.74, 6) is 0.218. The van der Waals surface area contributed by atoms with Crippen molar-refractivity contribution in [3.8, 4) is 0 Å². The smallest absolute Gasteiger partial charge is 0.0638 e. The topological polar surface area (TPSA) is 61.7 Å². The van der Waals surface area contributed by atoms with Gasteiger partial charge >= 0.3 is 0 Å². The summed E-state index contributed by atoms with van der Waals surface area (Å²) in [5.41, 5.74) is 0. The highest BCUT2D eigenvalue weighted by Gasteiger charge is 2.07. The summed E-state index contributed by atoms with van der Waals surface area (Å²) in [7, 11) is 1.60. The first-order chi connectivity index (χ1) is 5.74. The van der Waals surface area contributed by atoms with Crippen LogP contribution >= 0.6 is 0 Å². The molecule has 0 aliphatic rings. The molecule has 3 N–H and O–H groups in total. The Balaban J connectivity index is 3.43. The molecular weight excluding hydrogens is 158 g/mol. The molecule has 74 valence electrons. The van der Waals surface area contributed by atoms with Crippen molar-refractivity contribution in [3.05, 3.63) is 0 Å². The van der Waals surface area contributed by atoms with Gasteiger partial charge in [0.1, 0.15) is 0 Å². The second-order valence-corrected chi connectivity index (χ2v) is 3.03. The summed E-state index contributed by atoms with van der Waals surface area (Å²) in [6, 6.07) is -0.0241. The molecule has 0 aliphatic carbocycles. The van der Waals surface area contributed by atoms with Gasteiger partial charge in [0, 0.05) is 20.3 Å². The van der Waals surface area contributed by atoms with E-state index in [0.29, 0.717) is 13.2 Å². The molecule has 0 saturated carbocycles. The van der Waals surface area contributed by atoms with Crippen molar-refractivity contribution in [2.75, 3.05) is 33.5 Å². The Morgan fingerprint density at radius 2 is 2.00 bits per heavy atom. The van der Waals surface area contributed by atoms with Crippen molar-refractivity contribution in [1.82, 2.24) is 5.32 Å². The molecule has 0 fully saturated rings. The van der Waals surface area contributed by atoms with E-state index in [4.69, 9.17) is 14.9 Å². The summed E-state index contributed by atoms with van der Waals surface area (Å²) in [6.07, 6.45) is 0. The lowest BCUT2D eigenvalue weighted by molar-refractivity contribution is 0.123. The lowest BCUT2D eigenvalue weighted by Gasteiger charge is -2.17. The Morgan fingerprint density at radius 3 is 2.42 bits per heavy atom. The van der Waals surface area contributed by atoms with E-state index in [1.54, 1.807) is 7.11 Å². The third kappa shape index (κ3) is 5.49. The van der Waals surface area contributed by atoms with Gasteiger partial charge in [-0.3, -0.25) is 0 Å². The fourth-order valence-corrected chi connectivity index (χ4v) is 0.810. The molecule has 0 rings (SSSR count). The van der Waals surface area contributed by atoms with Gasteiger partial charge in [-0.25, -0.2) is 0 Å². The summed E-state index contributed by atoms with van der Waals surface area (Å²) in [5, 5.41) is 20.6. The van der Waals surface area contributed by atoms with Crippen LogP contribution in [0.1, 0.15) is 6.92 Å². The van der Waals surface area contributed by atoms with Gasteiger partial charge in [-0.15, -0.1) is 0 Å². The monoisotopic (exact) mass is 177 g/mol. The Bertz CT molecular complexity index is 100. The second kappa shape index (κ2) is 7.49. The molecule has 12 heavy (non-hydrogen) atoms. The van der Waals surface area contributed by atoms with E-state index in [9.17, 15) is 0 Å². The van der Waals surface area contributed by atoms with Crippen LogP contribution in [0.4, 0.5) is 0 Å². The minimum atomic E-state index is -0.0241. The van der Waals surface area contributed by atoms with Crippen LogP contribution in [-0.4, -0.2) is 49.7 Å². The second-order valence-electron chi connectivity index (χ2n) is 3.03. The van der Waals surface area contributed by atoms with Crippen LogP contribution in [0, 0.1) is 5.92 Å². The average molecular weight is 177 g/mol. The van der Waals surface area contributed by atoms with Crippen LogP contribution in [0.15, 0.2) is 0 Å². The van der Waals surface area contributed by atoms with E-state index in [0.717, 1.165) is 0 Å². The van der Waals surface area contributed by atoms with Crippen LogP contribution in [0.25, 0.3) is 0 Å². The predicted molar refractivity (Wildman–Crippen MR) is 47.0 cm³/mol. The van der Waals surface area contributed by atoms with Crippen molar-refractivity contribution < 1.29 is 14.9 Å². The molecule has 0 heterocycles.